The topological polar surface area (TPSA) is 173 Å². The summed E-state index contributed by atoms with van der Waals surface area (Å²) < 4.78 is 40.5. The molecule has 0 aliphatic rings. The fourth-order valence-corrected chi connectivity index (χ4v) is 5.27. The molecular weight excluding hydrogens is 593 g/mol. The van der Waals surface area contributed by atoms with Gasteiger partial charge in [-0.2, -0.15) is 5.10 Å². The third-order valence-electron chi connectivity index (χ3n) is 6.29. The molecule has 2 heterocycles. The monoisotopic (exact) mass is 633 g/mol. The number of ether oxygens (including phenoxy) is 1. The lowest BCUT2D eigenvalue weighted by atomic mass is 10.1. The SMILES string of the molecule is CCOC(=O)CNC(=O)c1cc(-c2cccc(-c3ncc(C(=O)NC(CC)CC)o3)c2)nn1CCOP(=O)(OCC)OCC. The molecule has 0 atom stereocenters. The van der Waals surface area contributed by atoms with Crippen LogP contribution < -0.4 is 10.6 Å². The van der Waals surface area contributed by atoms with Crippen LogP contribution in [-0.2, 0) is 34.2 Å². The Labute approximate surface area is 256 Å². The van der Waals surface area contributed by atoms with E-state index in [-0.39, 0.29) is 68.8 Å². The number of carbonyl (C=O) groups is 3. The van der Waals surface area contributed by atoms with Crippen molar-refractivity contribution in [2.45, 2.75) is 60.0 Å². The van der Waals surface area contributed by atoms with Gasteiger partial charge < -0.3 is 19.8 Å². The predicted molar refractivity (Wildman–Crippen MR) is 161 cm³/mol. The van der Waals surface area contributed by atoms with E-state index >= 15 is 0 Å². The van der Waals surface area contributed by atoms with E-state index in [0.717, 1.165) is 12.8 Å². The second kappa shape index (κ2) is 16.9. The van der Waals surface area contributed by atoms with Crippen molar-refractivity contribution in [1.29, 1.82) is 0 Å². The Bertz CT molecular complexity index is 1440. The van der Waals surface area contributed by atoms with E-state index in [1.54, 1.807) is 51.1 Å². The van der Waals surface area contributed by atoms with Gasteiger partial charge in [-0.25, -0.2) is 9.55 Å². The van der Waals surface area contributed by atoms with Crippen LogP contribution in [0.25, 0.3) is 22.7 Å². The van der Waals surface area contributed by atoms with Crippen molar-refractivity contribution >= 4 is 25.6 Å². The highest BCUT2D eigenvalue weighted by molar-refractivity contribution is 7.48. The molecule has 240 valence electrons. The second-order valence-corrected chi connectivity index (χ2v) is 11.0. The first kappa shape index (κ1) is 34.6. The molecule has 0 saturated carbocycles. The lowest BCUT2D eigenvalue weighted by Crippen LogP contribution is -2.33. The molecule has 0 bridgehead atoms. The molecule has 1 aromatic carbocycles. The third-order valence-corrected chi connectivity index (χ3v) is 7.94. The van der Waals surface area contributed by atoms with Crippen molar-refractivity contribution in [3.05, 3.63) is 48.0 Å². The van der Waals surface area contributed by atoms with Crippen LogP contribution in [0.15, 0.2) is 40.9 Å². The highest BCUT2D eigenvalue weighted by Crippen LogP contribution is 2.49. The first-order valence-electron chi connectivity index (χ1n) is 14.6. The Kier molecular flexibility index (Phi) is 13.3. The molecule has 44 heavy (non-hydrogen) atoms. The number of phosphoric acid groups is 1. The number of nitrogens with zero attached hydrogens (tertiary/aromatic N) is 3. The molecule has 0 unspecified atom stereocenters. The molecule has 15 heteroatoms. The van der Waals surface area contributed by atoms with Gasteiger partial charge >= 0.3 is 13.8 Å². The number of oxazole rings is 1. The number of hydrogen-bond donors (Lipinski definition) is 2. The third kappa shape index (κ3) is 9.58. The number of esters is 1. The van der Waals surface area contributed by atoms with Crippen LogP contribution >= 0.6 is 7.82 Å². The van der Waals surface area contributed by atoms with Gasteiger partial charge in [-0.15, -0.1) is 0 Å². The summed E-state index contributed by atoms with van der Waals surface area (Å²) in [6.07, 6.45) is 2.97. The van der Waals surface area contributed by atoms with E-state index in [9.17, 15) is 18.9 Å². The van der Waals surface area contributed by atoms with Crippen molar-refractivity contribution in [2.24, 2.45) is 0 Å². The number of carbonyl (C=O) groups excluding carboxylic acids is 3. The van der Waals surface area contributed by atoms with Gasteiger partial charge in [0.15, 0.2) is 0 Å². The zero-order chi connectivity index (χ0) is 32.1. The van der Waals surface area contributed by atoms with Gasteiger partial charge in [-0.1, -0.05) is 26.0 Å². The Hall–Kier alpha value is -3.84. The summed E-state index contributed by atoms with van der Waals surface area (Å²) in [5.41, 5.74) is 1.75. The van der Waals surface area contributed by atoms with E-state index in [1.165, 1.54) is 10.9 Å². The maximum absolute atomic E-state index is 13.1. The maximum atomic E-state index is 13.1. The van der Waals surface area contributed by atoms with E-state index < -0.39 is 19.7 Å². The lowest BCUT2D eigenvalue weighted by molar-refractivity contribution is -0.141. The summed E-state index contributed by atoms with van der Waals surface area (Å²) in [6, 6.07) is 8.67. The fraction of sp³-hybridized carbons (Fsp3) is 0.483. The number of benzene rings is 1. The minimum absolute atomic E-state index is 0.0146. The van der Waals surface area contributed by atoms with E-state index in [2.05, 4.69) is 20.7 Å². The Morgan fingerprint density at radius 1 is 0.955 bits per heavy atom. The largest absolute Gasteiger partial charge is 0.474 e. The quantitative estimate of drug-likeness (QED) is 0.148. The van der Waals surface area contributed by atoms with Crippen molar-refractivity contribution in [3.8, 4) is 22.7 Å². The average Bonchev–Trinajstić information content (AvgIpc) is 3.68. The van der Waals surface area contributed by atoms with Crippen LogP contribution in [0.1, 0.15) is 68.5 Å². The van der Waals surface area contributed by atoms with Gasteiger partial charge in [-0.3, -0.25) is 32.6 Å². The molecule has 3 aromatic rings. The van der Waals surface area contributed by atoms with E-state index in [0.29, 0.717) is 16.8 Å². The molecule has 0 fully saturated rings. The summed E-state index contributed by atoms with van der Waals surface area (Å²) in [4.78, 5) is 41.8. The zero-order valence-corrected chi connectivity index (χ0v) is 26.6. The number of rotatable bonds is 18. The number of hydrogen-bond acceptors (Lipinski definition) is 11. The van der Waals surface area contributed by atoms with Crippen LogP contribution in [0.3, 0.4) is 0 Å². The van der Waals surface area contributed by atoms with E-state index in [4.69, 9.17) is 22.7 Å². The maximum Gasteiger partial charge on any atom is 0.474 e. The van der Waals surface area contributed by atoms with Crippen molar-refractivity contribution < 1.29 is 41.7 Å². The summed E-state index contributed by atoms with van der Waals surface area (Å²) in [5, 5.41) is 10.0. The molecule has 0 saturated heterocycles. The van der Waals surface area contributed by atoms with Crippen molar-refractivity contribution in [2.75, 3.05) is 33.0 Å². The van der Waals surface area contributed by atoms with Crippen LogP contribution in [0.2, 0.25) is 0 Å². The van der Waals surface area contributed by atoms with Gasteiger partial charge in [0.25, 0.3) is 11.8 Å². The van der Waals surface area contributed by atoms with Crippen molar-refractivity contribution in [1.82, 2.24) is 25.4 Å². The standard InChI is InChI=1S/C29H40N5O9P/c1-6-22(7-2)32-28(37)25-18-31-29(43-25)21-13-11-12-20(16-21)23-17-24(27(36)30-19-26(35)39-8-3)34(33-23)14-15-42-44(38,40-9-4)41-10-5/h11-13,16-18,22H,6-10,14-15,19H2,1-5H3,(H,30,36)(H,32,37). The average molecular weight is 634 g/mol. The molecule has 2 N–H and O–H groups in total. The molecule has 3 rings (SSSR count). The first-order chi connectivity index (χ1) is 21.2. The summed E-state index contributed by atoms with van der Waals surface area (Å²) in [6.45, 7) is 8.94. The fourth-order valence-electron chi connectivity index (χ4n) is 4.11. The smallest absolute Gasteiger partial charge is 0.465 e. The summed E-state index contributed by atoms with van der Waals surface area (Å²) in [5.74, 6) is -1.17. The minimum atomic E-state index is -3.79. The number of amides is 2. The normalized spacial score (nSPS) is 11.5. The lowest BCUT2D eigenvalue weighted by Gasteiger charge is -2.16. The molecular formula is C29H40N5O9P. The number of nitrogens with one attached hydrogen (secondary N) is 2. The Balaban J connectivity index is 1.86. The van der Waals surface area contributed by atoms with Crippen LogP contribution in [-0.4, -0.2) is 71.6 Å². The van der Waals surface area contributed by atoms with Crippen LogP contribution in [0.4, 0.5) is 0 Å². The molecule has 2 amide bonds. The molecule has 0 aliphatic carbocycles. The van der Waals surface area contributed by atoms with E-state index in [1.807, 2.05) is 13.8 Å². The molecule has 14 nitrogen and oxygen atoms in total. The molecule has 0 radical (unpaired) electrons. The van der Waals surface area contributed by atoms with Gasteiger partial charge in [0, 0.05) is 17.2 Å². The van der Waals surface area contributed by atoms with Crippen LogP contribution in [0, 0.1) is 0 Å². The highest BCUT2D eigenvalue weighted by Gasteiger charge is 2.26. The molecule has 0 aliphatic heterocycles. The molecule has 2 aromatic heterocycles. The number of phosphoric ester groups is 1. The summed E-state index contributed by atoms with van der Waals surface area (Å²) >= 11 is 0. The predicted octanol–water partition coefficient (Wildman–Crippen LogP) is 4.61. The van der Waals surface area contributed by atoms with Gasteiger partial charge in [0.1, 0.15) is 12.2 Å². The van der Waals surface area contributed by atoms with Gasteiger partial charge in [-0.05, 0) is 51.8 Å². The van der Waals surface area contributed by atoms with Gasteiger partial charge in [0.2, 0.25) is 11.7 Å². The summed E-state index contributed by atoms with van der Waals surface area (Å²) in [7, 11) is -3.79. The second-order valence-electron chi connectivity index (χ2n) is 9.34. The Morgan fingerprint density at radius 3 is 2.32 bits per heavy atom. The molecule has 0 spiro atoms. The minimum Gasteiger partial charge on any atom is -0.465 e. The highest BCUT2D eigenvalue weighted by atomic mass is 31.2. The zero-order valence-electron chi connectivity index (χ0n) is 25.7. The van der Waals surface area contributed by atoms with Crippen molar-refractivity contribution in [3.63, 3.8) is 0 Å². The van der Waals surface area contributed by atoms with Gasteiger partial charge in [0.05, 0.1) is 44.9 Å². The van der Waals surface area contributed by atoms with Crippen LogP contribution in [0.5, 0.6) is 0 Å². The number of aromatic nitrogens is 3. The first-order valence-corrected chi connectivity index (χ1v) is 16.1. The Morgan fingerprint density at radius 2 is 1.66 bits per heavy atom.